The molecular formula is C11H13F3N4. The number of pyridine rings is 1. The molecule has 0 aliphatic rings. The molecule has 0 aromatic carbocycles. The zero-order valence-electron chi connectivity index (χ0n) is 9.83. The van der Waals surface area contributed by atoms with Gasteiger partial charge in [-0.15, -0.1) is 10.2 Å². The highest BCUT2D eigenvalue weighted by Gasteiger charge is 2.31. The maximum atomic E-state index is 12.6. The molecule has 18 heavy (non-hydrogen) atoms. The van der Waals surface area contributed by atoms with E-state index in [0.717, 1.165) is 25.2 Å². The van der Waals surface area contributed by atoms with Gasteiger partial charge >= 0.3 is 6.18 Å². The zero-order valence-corrected chi connectivity index (χ0v) is 9.83. The number of aryl methyl sites for hydroxylation is 1. The van der Waals surface area contributed by atoms with Crippen LogP contribution in [0, 0.1) is 0 Å². The van der Waals surface area contributed by atoms with E-state index in [1.54, 1.807) is 0 Å². The lowest BCUT2D eigenvalue weighted by atomic mass is 10.2. The van der Waals surface area contributed by atoms with Crippen molar-refractivity contribution in [3.8, 4) is 0 Å². The van der Waals surface area contributed by atoms with Crippen LogP contribution < -0.4 is 5.32 Å². The van der Waals surface area contributed by atoms with Gasteiger partial charge in [0.2, 0.25) is 0 Å². The zero-order chi connectivity index (χ0) is 13.2. The van der Waals surface area contributed by atoms with Crippen molar-refractivity contribution in [1.82, 2.24) is 19.9 Å². The topological polar surface area (TPSA) is 42.2 Å². The molecule has 0 atom stereocenters. The van der Waals surface area contributed by atoms with E-state index in [-0.39, 0.29) is 0 Å². The fourth-order valence-corrected chi connectivity index (χ4v) is 1.70. The first-order chi connectivity index (χ1) is 8.52. The molecule has 2 rings (SSSR count). The maximum Gasteiger partial charge on any atom is 0.417 e. The molecule has 0 unspecified atom stereocenters. The van der Waals surface area contributed by atoms with E-state index in [2.05, 4.69) is 15.5 Å². The fourth-order valence-electron chi connectivity index (χ4n) is 1.70. The van der Waals surface area contributed by atoms with Gasteiger partial charge in [-0.25, -0.2) is 0 Å². The summed E-state index contributed by atoms with van der Waals surface area (Å²) >= 11 is 0. The minimum Gasteiger partial charge on any atom is -0.320 e. The first-order valence-corrected chi connectivity index (χ1v) is 5.58. The maximum absolute atomic E-state index is 12.6. The van der Waals surface area contributed by atoms with Crippen LogP contribution in [0.5, 0.6) is 0 Å². The fraction of sp³-hybridized carbons (Fsp3) is 0.455. The minimum absolute atomic E-state index is 0.433. The van der Waals surface area contributed by atoms with Gasteiger partial charge in [0.1, 0.15) is 5.82 Å². The van der Waals surface area contributed by atoms with Crippen molar-refractivity contribution in [3.05, 3.63) is 29.7 Å². The summed E-state index contributed by atoms with van der Waals surface area (Å²) in [6.07, 6.45) is -1.92. The molecule has 0 saturated heterocycles. The van der Waals surface area contributed by atoms with E-state index < -0.39 is 11.7 Å². The lowest BCUT2D eigenvalue weighted by molar-refractivity contribution is -0.137. The number of fused-ring (bicyclic) bond motifs is 1. The van der Waals surface area contributed by atoms with E-state index in [9.17, 15) is 13.2 Å². The number of rotatable bonds is 4. The van der Waals surface area contributed by atoms with Crippen LogP contribution in [0.2, 0.25) is 0 Å². The predicted octanol–water partition coefficient (Wildman–Crippen LogP) is 1.90. The van der Waals surface area contributed by atoms with Gasteiger partial charge in [-0.2, -0.15) is 13.2 Å². The van der Waals surface area contributed by atoms with Crippen LogP contribution in [-0.2, 0) is 12.6 Å². The molecule has 0 aliphatic heterocycles. The van der Waals surface area contributed by atoms with Gasteiger partial charge in [0.05, 0.1) is 5.56 Å². The average molecular weight is 258 g/mol. The highest BCUT2D eigenvalue weighted by molar-refractivity contribution is 5.40. The van der Waals surface area contributed by atoms with Crippen molar-refractivity contribution in [3.63, 3.8) is 0 Å². The van der Waals surface area contributed by atoms with Gasteiger partial charge in [-0.3, -0.25) is 4.40 Å². The van der Waals surface area contributed by atoms with Gasteiger partial charge in [-0.05, 0) is 32.1 Å². The smallest absolute Gasteiger partial charge is 0.320 e. The monoisotopic (exact) mass is 258 g/mol. The highest BCUT2D eigenvalue weighted by Crippen LogP contribution is 2.29. The number of aromatic nitrogens is 3. The third-order valence-electron chi connectivity index (χ3n) is 2.63. The summed E-state index contributed by atoms with van der Waals surface area (Å²) in [4.78, 5) is 0. The second kappa shape index (κ2) is 4.93. The molecule has 0 bridgehead atoms. The Labute approximate surface area is 102 Å². The molecule has 0 amide bonds. The number of alkyl halides is 3. The van der Waals surface area contributed by atoms with E-state index >= 15 is 0 Å². The molecule has 2 aromatic rings. The first-order valence-electron chi connectivity index (χ1n) is 5.58. The average Bonchev–Trinajstić information content (AvgIpc) is 2.71. The minimum atomic E-state index is -4.35. The number of nitrogens with zero attached hydrogens (tertiary/aromatic N) is 3. The van der Waals surface area contributed by atoms with Crippen molar-refractivity contribution in [2.24, 2.45) is 0 Å². The molecule has 0 fully saturated rings. The van der Waals surface area contributed by atoms with Crippen LogP contribution in [0.4, 0.5) is 13.2 Å². The van der Waals surface area contributed by atoms with Crippen molar-refractivity contribution in [1.29, 1.82) is 0 Å². The summed E-state index contributed by atoms with van der Waals surface area (Å²) in [6.45, 7) is 0.786. The van der Waals surface area contributed by atoms with E-state index in [1.807, 2.05) is 7.05 Å². The normalized spacial score (nSPS) is 12.2. The van der Waals surface area contributed by atoms with Gasteiger partial charge in [0.15, 0.2) is 5.65 Å². The van der Waals surface area contributed by atoms with Crippen molar-refractivity contribution in [2.45, 2.75) is 19.0 Å². The van der Waals surface area contributed by atoms with E-state index in [0.29, 0.717) is 17.9 Å². The summed E-state index contributed by atoms with van der Waals surface area (Å²) in [5.74, 6) is 0.548. The van der Waals surface area contributed by atoms with Gasteiger partial charge in [0, 0.05) is 12.6 Å². The Morgan fingerprint density at radius 1 is 1.28 bits per heavy atom. The van der Waals surface area contributed by atoms with Gasteiger partial charge in [0.25, 0.3) is 0 Å². The summed E-state index contributed by atoms with van der Waals surface area (Å²) in [5.41, 5.74) is -0.257. The Morgan fingerprint density at radius 2 is 2.06 bits per heavy atom. The molecule has 0 radical (unpaired) electrons. The Kier molecular flexibility index (Phi) is 3.51. The summed E-state index contributed by atoms with van der Waals surface area (Å²) in [7, 11) is 1.82. The van der Waals surface area contributed by atoms with Crippen molar-refractivity contribution >= 4 is 5.65 Å². The van der Waals surface area contributed by atoms with Crippen molar-refractivity contribution < 1.29 is 13.2 Å². The number of hydrogen-bond donors (Lipinski definition) is 1. The van der Waals surface area contributed by atoms with Crippen LogP contribution in [0.3, 0.4) is 0 Å². The van der Waals surface area contributed by atoms with E-state index in [1.165, 1.54) is 10.5 Å². The quantitative estimate of drug-likeness (QED) is 0.852. The SMILES string of the molecule is CNCCCc1nnc2ccc(C(F)(F)F)cn12. The summed E-state index contributed by atoms with van der Waals surface area (Å²) in [5, 5.41) is 10.7. The second-order valence-electron chi connectivity index (χ2n) is 3.97. The standard InChI is InChI=1S/C11H13F3N4/c1-15-6-2-3-9-16-17-10-5-4-8(7-18(9)10)11(12,13)14/h4-5,7,15H,2-3,6H2,1H3. The molecule has 2 aromatic heterocycles. The molecule has 7 heteroatoms. The molecule has 0 spiro atoms. The van der Waals surface area contributed by atoms with E-state index in [4.69, 9.17) is 0 Å². The first kappa shape index (κ1) is 12.8. The van der Waals surface area contributed by atoms with Crippen LogP contribution in [0.1, 0.15) is 17.8 Å². The molecule has 98 valence electrons. The summed E-state index contributed by atoms with van der Waals surface area (Å²) in [6, 6.07) is 2.35. The lowest BCUT2D eigenvalue weighted by Gasteiger charge is -2.07. The summed E-state index contributed by atoms with van der Waals surface area (Å²) < 4.78 is 39.2. The molecule has 1 N–H and O–H groups in total. The van der Waals surface area contributed by atoms with Crippen LogP contribution >= 0.6 is 0 Å². The third-order valence-corrected chi connectivity index (χ3v) is 2.63. The number of halogens is 3. The molecule has 0 aliphatic carbocycles. The Bertz CT molecular complexity index is 533. The highest BCUT2D eigenvalue weighted by atomic mass is 19.4. The molecule has 0 saturated carbocycles. The van der Waals surface area contributed by atoms with Crippen LogP contribution in [0.25, 0.3) is 5.65 Å². The number of nitrogens with one attached hydrogen (secondary N) is 1. The Morgan fingerprint density at radius 3 is 2.72 bits per heavy atom. The lowest BCUT2D eigenvalue weighted by Crippen LogP contribution is -2.10. The Hall–Kier alpha value is -1.63. The number of hydrogen-bond acceptors (Lipinski definition) is 3. The van der Waals surface area contributed by atoms with Crippen LogP contribution in [-0.4, -0.2) is 28.2 Å². The molecule has 4 nitrogen and oxygen atoms in total. The van der Waals surface area contributed by atoms with Gasteiger partial charge in [-0.1, -0.05) is 0 Å². The predicted molar refractivity (Wildman–Crippen MR) is 60.2 cm³/mol. The Balaban J connectivity index is 2.31. The third kappa shape index (κ3) is 2.61. The van der Waals surface area contributed by atoms with Gasteiger partial charge < -0.3 is 5.32 Å². The largest absolute Gasteiger partial charge is 0.417 e. The molecular weight excluding hydrogens is 245 g/mol. The van der Waals surface area contributed by atoms with Crippen molar-refractivity contribution in [2.75, 3.05) is 13.6 Å². The van der Waals surface area contributed by atoms with Crippen LogP contribution in [0.15, 0.2) is 18.3 Å². The second-order valence-corrected chi connectivity index (χ2v) is 3.97. The molecule has 2 heterocycles.